The van der Waals surface area contributed by atoms with Crippen LogP contribution in [0.2, 0.25) is 0 Å². The van der Waals surface area contributed by atoms with Gasteiger partial charge < -0.3 is 10.1 Å². The van der Waals surface area contributed by atoms with Crippen molar-refractivity contribution in [2.45, 2.75) is 47.1 Å². The smallest absolute Gasteiger partial charge is 0.407 e. The van der Waals surface area contributed by atoms with Gasteiger partial charge in [0.05, 0.1) is 13.2 Å². The second kappa shape index (κ2) is 5.87. The lowest BCUT2D eigenvalue weighted by molar-refractivity contribution is -0.126. The van der Waals surface area contributed by atoms with Crippen LogP contribution in [0.1, 0.15) is 41.0 Å². The molecule has 1 unspecified atom stereocenters. The summed E-state index contributed by atoms with van der Waals surface area (Å²) < 4.78 is 4.54. The predicted molar refractivity (Wildman–Crippen MR) is 63.2 cm³/mol. The van der Waals surface area contributed by atoms with Gasteiger partial charge in [-0.25, -0.2) is 4.79 Å². The Bertz CT molecular complexity index is 255. The third-order valence-corrected chi connectivity index (χ3v) is 2.70. The van der Waals surface area contributed by atoms with Crippen LogP contribution in [-0.2, 0) is 9.53 Å². The number of carbonyl (C=O) groups is 2. The van der Waals surface area contributed by atoms with E-state index in [9.17, 15) is 9.59 Å². The number of Topliss-reactive ketones (excluding diaryl/α,β-unsaturated/α-hetero) is 1. The van der Waals surface area contributed by atoms with Crippen LogP contribution in [0.4, 0.5) is 4.79 Å². The van der Waals surface area contributed by atoms with Crippen LogP contribution < -0.4 is 5.32 Å². The molecule has 0 rings (SSSR count). The topological polar surface area (TPSA) is 55.4 Å². The molecule has 0 aliphatic heterocycles. The van der Waals surface area contributed by atoms with Crippen molar-refractivity contribution in [1.29, 1.82) is 0 Å². The molecule has 0 heterocycles. The van der Waals surface area contributed by atoms with E-state index in [1.54, 1.807) is 0 Å². The number of amides is 1. The summed E-state index contributed by atoms with van der Waals surface area (Å²) in [5, 5.41) is 2.61. The first-order chi connectivity index (χ1) is 7.23. The summed E-state index contributed by atoms with van der Waals surface area (Å²) in [6.45, 7) is 9.61. The van der Waals surface area contributed by atoms with Gasteiger partial charge in [0.2, 0.25) is 0 Å². The van der Waals surface area contributed by atoms with Crippen LogP contribution in [0.15, 0.2) is 0 Å². The van der Waals surface area contributed by atoms with Crippen LogP contribution in [0.25, 0.3) is 0 Å². The summed E-state index contributed by atoms with van der Waals surface area (Å²) in [5.74, 6) is 0.00165. The zero-order valence-electron chi connectivity index (χ0n) is 11.1. The van der Waals surface area contributed by atoms with E-state index < -0.39 is 12.1 Å². The first-order valence-corrected chi connectivity index (χ1v) is 5.62. The summed E-state index contributed by atoms with van der Waals surface area (Å²) in [6.07, 6.45) is 0.213. The van der Waals surface area contributed by atoms with E-state index in [0.29, 0.717) is 0 Å². The molecule has 0 aromatic carbocycles. The Balaban J connectivity index is 4.82. The molecule has 1 amide bonds. The Hall–Kier alpha value is -1.06. The first kappa shape index (κ1) is 14.9. The maximum Gasteiger partial charge on any atom is 0.407 e. The third kappa shape index (κ3) is 4.21. The second-order valence-corrected chi connectivity index (χ2v) is 5.15. The second-order valence-electron chi connectivity index (χ2n) is 5.15. The maximum absolute atomic E-state index is 12.1. The zero-order valence-corrected chi connectivity index (χ0v) is 11.1. The minimum absolute atomic E-state index is 0.0543. The minimum Gasteiger partial charge on any atom is -0.453 e. The van der Waals surface area contributed by atoms with Gasteiger partial charge in [0.1, 0.15) is 0 Å². The lowest BCUT2D eigenvalue weighted by atomic mass is 9.80. The highest BCUT2D eigenvalue weighted by Crippen LogP contribution is 2.23. The largest absolute Gasteiger partial charge is 0.453 e. The van der Waals surface area contributed by atoms with Crippen molar-refractivity contribution in [3.63, 3.8) is 0 Å². The van der Waals surface area contributed by atoms with Gasteiger partial charge >= 0.3 is 6.09 Å². The molecule has 0 bridgehead atoms. The predicted octanol–water partition coefficient (Wildman–Crippen LogP) is 2.37. The molecule has 2 atom stereocenters. The van der Waals surface area contributed by atoms with E-state index in [-0.39, 0.29) is 17.1 Å². The van der Waals surface area contributed by atoms with Crippen LogP contribution in [-0.4, -0.2) is 25.0 Å². The molecule has 0 saturated carbocycles. The summed E-state index contributed by atoms with van der Waals surface area (Å²) >= 11 is 0. The molecule has 94 valence electrons. The minimum atomic E-state index is -0.559. The molecular formula is C12H23NO3. The van der Waals surface area contributed by atoms with Crippen molar-refractivity contribution in [3.8, 4) is 0 Å². The highest BCUT2D eigenvalue weighted by molar-refractivity contribution is 5.89. The lowest BCUT2D eigenvalue weighted by Crippen LogP contribution is -2.50. The number of nitrogens with one attached hydrogen (secondary N) is 1. The molecule has 0 saturated heterocycles. The van der Waals surface area contributed by atoms with Crippen molar-refractivity contribution < 1.29 is 14.3 Å². The molecule has 0 aliphatic rings. The molecule has 0 spiro atoms. The van der Waals surface area contributed by atoms with Gasteiger partial charge in [-0.05, 0) is 11.8 Å². The summed E-state index contributed by atoms with van der Waals surface area (Å²) in [4.78, 5) is 23.3. The quantitative estimate of drug-likeness (QED) is 0.805. The van der Waals surface area contributed by atoms with Gasteiger partial charge in [0.15, 0.2) is 5.78 Å². The fourth-order valence-electron chi connectivity index (χ4n) is 1.38. The molecule has 0 aliphatic carbocycles. The zero-order chi connectivity index (χ0) is 12.9. The Kier molecular flexibility index (Phi) is 5.48. The molecule has 16 heavy (non-hydrogen) atoms. The molecule has 4 nitrogen and oxygen atoms in total. The number of carbonyl (C=O) groups excluding carboxylic acids is 2. The number of ether oxygens (including phenoxy) is 1. The summed E-state index contributed by atoms with van der Waals surface area (Å²) in [7, 11) is 1.29. The lowest BCUT2D eigenvalue weighted by Gasteiger charge is -2.31. The summed E-state index contributed by atoms with van der Waals surface area (Å²) in [5.41, 5.74) is -0.311. The van der Waals surface area contributed by atoms with Crippen molar-refractivity contribution in [3.05, 3.63) is 0 Å². The third-order valence-electron chi connectivity index (χ3n) is 2.70. The maximum atomic E-state index is 12.1. The molecule has 0 radical (unpaired) electrons. The Morgan fingerprint density at radius 3 is 2.12 bits per heavy atom. The Labute approximate surface area is 97.7 Å². The van der Waals surface area contributed by atoms with Gasteiger partial charge in [-0.3, -0.25) is 4.79 Å². The fraction of sp³-hybridized carbons (Fsp3) is 0.833. The van der Waals surface area contributed by atoms with Crippen LogP contribution >= 0.6 is 0 Å². The molecule has 0 aromatic rings. The number of alkyl carbamates (subject to hydrolysis) is 1. The van der Waals surface area contributed by atoms with Crippen molar-refractivity contribution in [1.82, 2.24) is 5.32 Å². The van der Waals surface area contributed by atoms with Gasteiger partial charge in [-0.2, -0.15) is 0 Å². The number of hydrogen-bond donors (Lipinski definition) is 1. The van der Waals surface area contributed by atoms with E-state index >= 15 is 0 Å². The SMILES string of the molecule is CCC(C)C(=O)[C@H](NC(=O)OC)C(C)(C)C. The highest BCUT2D eigenvalue weighted by atomic mass is 16.5. The fourth-order valence-corrected chi connectivity index (χ4v) is 1.38. The monoisotopic (exact) mass is 229 g/mol. The van der Waals surface area contributed by atoms with E-state index in [2.05, 4.69) is 10.1 Å². The number of ketones is 1. The molecule has 0 aromatic heterocycles. The van der Waals surface area contributed by atoms with E-state index in [1.807, 2.05) is 34.6 Å². The average molecular weight is 229 g/mol. The van der Waals surface area contributed by atoms with E-state index in [1.165, 1.54) is 7.11 Å². The highest BCUT2D eigenvalue weighted by Gasteiger charge is 2.34. The van der Waals surface area contributed by atoms with E-state index in [4.69, 9.17) is 0 Å². The number of rotatable bonds is 4. The van der Waals surface area contributed by atoms with Gasteiger partial charge in [0.25, 0.3) is 0 Å². The van der Waals surface area contributed by atoms with Gasteiger partial charge in [0, 0.05) is 5.92 Å². The van der Waals surface area contributed by atoms with Crippen molar-refractivity contribution in [2.24, 2.45) is 11.3 Å². The van der Waals surface area contributed by atoms with Crippen LogP contribution in [0, 0.1) is 11.3 Å². The number of methoxy groups -OCH3 is 1. The average Bonchev–Trinajstić information content (AvgIpc) is 2.21. The normalized spacial score (nSPS) is 15.1. The van der Waals surface area contributed by atoms with Crippen molar-refractivity contribution in [2.75, 3.05) is 7.11 Å². The first-order valence-electron chi connectivity index (χ1n) is 5.62. The molecule has 1 N–H and O–H groups in total. The van der Waals surface area contributed by atoms with Gasteiger partial charge in [-0.1, -0.05) is 34.6 Å². The summed E-state index contributed by atoms with van der Waals surface area (Å²) in [6, 6.07) is -0.505. The molecule has 0 fully saturated rings. The molecule has 4 heteroatoms. The Morgan fingerprint density at radius 2 is 1.81 bits per heavy atom. The molecular weight excluding hydrogens is 206 g/mol. The van der Waals surface area contributed by atoms with Crippen molar-refractivity contribution >= 4 is 11.9 Å². The van der Waals surface area contributed by atoms with Gasteiger partial charge in [-0.15, -0.1) is 0 Å². The Morgan fingerprint density at radius 1 is 1.31 bits per heavy atom. The number of hydrogen-bond acceptors (Lipinski definition) is 3. The van der Waals surface area contributed by atoms with Crippen LogP contribution in [0.3, 0.4) is 0 Å². The standard InChI is InChI=1S/C12H23NO3/c1-7-8(2)9(14)10(12(3,4)5)13-11(15)16-6/h8,10H,7H2,1-6H3,(H,13,15)/t8?,10-/m0/s1. The van der Waals surface area contributed by atoms with Crippen LogP contribution in [0.5, 0.6) is 0 Å². The van der Waals surface area contributed by atoms with E-state index in [0.717, 1.165) is 6.42 Å².